The maximum absolute atomic E-state index is 13.4. The van der Waals surface area contributed by atoms with E-state index >= 15 is 0 Å². The summed E-state index contributed by atoms with van der Waals surface area (Å²) in [5, 5.41) is 0. The summed E-state index contributed by atoms with van der Waals surface area (Å²) in [6, 6.07) is 3.45. The molecule has 1 aromatic rings. The number of nitrogens with two attached hydrogens (primary N) is 1. The Balaban J connectivity index is 2.58. The van der Waals surface area contributed by atoms with Crippen LogP contribution >= 0.6 is 0 Å². The van der Waals surface area contributed by atoms with Crippen molar-refractivity contribution < 1.29 is 13.5 Å². The van der Waals surface area contributed by atoms with E-state index in [1.54, 1.807) is 7.11 Å². The van der Waals surface area contributed by atoms with Crippen molar-refractivity contribution in [1.82, 2.24) is 0 Å². The van der Waals surface area contributed by atoms with Crippen molar-refractivity contribution >= 4 is 0 Å². The van der Waals surface area contributed by atoms with Crippen LogP contribution in [0.3, 0.4) is 0 Å². The summed E-state index contributed by atoms with van der Waals surface area (Å²) in [7, 11) is 1.64. The lowest BCUT2D eigenvalue weighted by molar-refractivity contribution is 0.174. The van der Waals surface area contributed by atoms with Crippen molar-refractivity contribution in [2.24, 2.45) is 11.7 Å². The van der Waals surface area contributed by atoms with Gasteiger partial charge in [-0.25, -0.2) is 8.78 Å². The summed E-state index contributed by atoms with van der Waals surface area (Å²) in [5.74, 6) is -0.856. The first-order chi connectivity index (χ1) is 8.04. The van der Waals surface area contributed by atoms with Crippen molar-refractivity contribution in [2.75, 3.05) is 13.7 Å². The van der Waals surface area contributed by atoms with Gasteiger partial charge in [-0.1, -0.05) is 13.0 Å². The molecule has 0 aliphatic heterocycles. The van der Waals surface area contributed by atoms with E-state index < -0.39 is 11.6 Å². The monoisotopic (exact) mass is 243 g/mol. The lowest BCUT2D eigenvalue weighted by atomic mass is 9.93. The number of benzene rings is 1. The quantitative estimate of drug-likeness (QED) is 0.833. The lowest BCUT2D eigenvalue weighted by Crippen LogP contribution is -2.31. The molecule has 1 aromatic carbocycles. The maximum Gasteiger partial charge on any atom is 0.129 e. The van der Waals surface area contributed by atoms with Crippen LogP contribution in [0.4, 0.5) is 8.78 Å². The molecule has 0 aromatic heterocycles. The van der Waals surface area contributed by atoms with Gasteiger partial charge in [-0.2, -0.15) is 0 Å². The molecule has 0 amide bonds. The molecule has 0 heterocycles. The molecule has 2 nitrogen and oxygen atoms in total. The molecule has 0 bridgehead atoms. The number of methoxy groups -OCH3 is 1. The van der Waals surface area contributed by atoms with E-state index in [1.807, 2.05) is 6.92 Å². The summed E-state index contributed by atoms with van der Waals surface area (Å²) >= 11 is 0. The second-order valence-electron chi connectivity index (χ2n) is 4.36. The molecule has 2 unspecified atom stereocenters. The molecule has 0 saturated heterocycles. The van der Waals surface area contributed by atoms with Crippen LogP contribution in [-0.4, -0.2) is 19.8 Å². The minimum absolute atomic E-state index is 0.148. The van der Waals surface area contributed by atoms with E-state index in [4.69, 9.17) is 10.5 Å². The van der Waals surface area contributed by atoms with Crippen LogP contribution in [-0.2, 0) is 11.2 Å². The fourth-order valence-electron chi connectivity index (χ4n) is 1.66. The molecule has 1 rings (SSSR count). The number of hydrogen-bond acceptors (Lipinski definition) is 2. The molecule has 0 saturated carbocycles. The molecule has 2 atom stereocenters. The average molecular weight is 243 g/mol. The van der Waals surface area contributed by atoms with Crippen molar-refractivity contribution in [1.29, 1.82) is 0 Å². The van der Waals surface area contributed by atoms with Gasteiger partial charge in [0.1, 0.15) is 11.6 Å². The first kappa shape index (κ1) is 14.1. The zero-order chi connectivity index (χ0) is 12.8. The lowest BCUT2D eigenvalue weighted by Gasteiger charge is -2.19. The highest BCUT2D eigenvalue weighted by atomic mass is 19.1. The van der Waals surface area contributed by atoms with Crippen LogP contribution in [0.2, 0.25) is 0 Å². The van der Waals surface area contributed by atoms with Crippen LogP contribution in [0, 0.1) is 17.6 Å². The first-order valence-electron chi connectivity index (χ1n) is 5.73. The minimum atomic E-state index is -0.563. The van der Waals surface area contributed by atoms with Gasteiger partial charge in [-0.15, -0.1) is 0 Å². The summed E-state index contributed by atoms with van der Waals surface area (Å²) in [6.45, 7) is 2.64. The van der Waals surface area contributed by atoms with Crippen LogP contribution in [0.5, 0.6) is 0 Å². The second kappa shape index (κ2) is 6.67. The topological polar surface area (TPSA) is 35.2 Å². The molecule has 0 spiro atoms. The SMILES string of the molecule is COCCC(C)C(N)Cc1ccc(F)cc1F. The van der Waals surface area contributed by atoms with Crippen molar-refractivity contribution in [3.8, 4) is 0 Å². The van der Waals surface area contributed by atoms with Crippen molar-refractivity contribution in [3.63, 3.8) is 0 Å². The largest absolute Gasteiger partial charge is 0.385 e. The molecule has 96 valence electrons. The Labute approximate surface area is 101 Å². The highest BCUT2D eigenvalue weighted by molar-refractivity contribution is 5.19. The van der Waals surface area contributed by atoms with Gasteiger partial charge >= 0.3 is 0 Å². The van der Waals surface area contributed by atoms with Gasteiger partial charge < -0.3 is 10.5 Å². The van der Waals surface area contributed by atoms with Crippen LogP contribution in [0.25, 0.3) is 0 Å². The van der Waals surface area contributed by atoms with E-state index in [2.05, 4.69) is 0 Å². The Morgan fingerprint density at radius 2 is 2.06 bits per heavy atom. The summed E-state index contributed by atoms with van der Waals surface area (Å²) < 4.78 is 31.1. The number of halogens is 2. The Morgan fingerprint density at radius 1 is 1.35 bits per heavy atom. The fourth-order valence-corrected chi connectivity index (χ4v) is 1.66. The predicted molar refractivity (Wildman–Crippen MR) is 63.7 cm³/mol. The zero-order valence-electron chi connectivity index (χ0n) is 10.2. The van der Waals surface area contributed by atoms with Gasteiger partial charge in [0.25, 0.3) is 0 Å². The van der Waals surface area contributed by atoms with E-state index in [0.29, 0.717) is 18.6 Å². The van der Waals surface area contributed by atoms with Crippen LogP contribution < -0.4 is 5.73 Å². The molecule has 2 N–H and O–H groups in total. The second-order valence-corrected chi connectivity index (χ2v) is 4.36. The standard InChI is InChI=1S/C13H19F2NO/c1-9(5-6-17-2)13(16)7-10-3-4-11(14)8-12(10)15/h3-4,8-9,13H,5-7,16H2,1-2H3. The third-order valence-corrected chi connectivity index (χ3v) is 2.98. The molecular weight excluding hydrogens is 224 g/mol. The summed E-state index contributed by atoms with van der Waals surface area (Å²) in [5.41, 5.74) is 6.44. The third-order valence-electron chi connectivity index (χ3n) is 2.98. The van der Waals surface area contributed by atoms with Crippen LogP contribution in [0.1, 0.15) is 18.9 Å². The molecule has 17 heavy (non-hydrogen) atoms. The number of hydrogen-bond donors (Lipinski definition) is 1. The molecular formula is C13H19F2NO. The van der Waals surface area contributed by atoms with E-state index in [1.165, 1.54) is 12.1 Å². The third kappa shape index (κ3) is 4.40. The number of ether oxygens (including phenoxy) is 1. The molecule has 0 fully saturated rings. The molecule has 4 heteroatoms. The van der Waals surface area contributed by atoms with E-state index in [9.17, 15) is 8.78 Å². The zero-order valence-corrected chi connectivity index (χ0v) is 10.2. The Hall–Kier alpha value is -1.00. The van der Waals surface area contributed by atoms with Gasteiger partial charge in [0.05, 0.1) is 0 Å². The Bertz CT molecular complexity index is 357. The van der Waals surface area contributed by atoms with Crippen LogP contribution in [0.15, 0.2) is 18.2 Å². The Morgan fingerprint density at radius 3 is 2.65 bits per heavy atom. The molecule has 0 radical (unpaired) electrons. The minimum Gasteiger partial charge on any atom is -0.385 e. The maximum atomic E-state index is 13.4. The van der Waals surface area contributed by atoms with Gasteiger partial charge in [0, 0.05) is 25.8 Å². The summed E-state index contributed by atoms with van der Waals surface area (Å²) in [6.07, 6.45) is 1.25. The van der Waals surface area contributed by atoms with Gasteiger partial charge in [-0.3, -0.25) is 0 Å². The number of rotatable bonds is 6. The Kier molecular flexibility index (Phi) is 5.51. The van der Waals surface area contributed by atoms with E-state index in [-0.39, 0.29) is 12.0 Å². The van der Waals surface area contributed by atoms with Crippen molar-refractivity contribution in [3.05, 3.63) is 35.4 Å². The van der Waals surface area contributed by atoms with Gasteiger partial charge in [0.2, 0.25) is 0 Å². The predicted octanol–water partition coefficient (Wildman–Crippen LogP) is 2.51. The van der Waals surface area contributed by atoms with Crippen molar-refractivity contribution in [2.45, 2.75) is 25.8 Å². The highest BCUT2D eigenvalue weighted by Gasteiger charge is 2.15. The van der Waals surface area contributed by atoms with E-state index in [0.717, 1.165) is 12.5 Å². The normalized spacial score (nSPS) is 14.6. The highest BCUT2D eigenvalue weighted by Crippen LogP contribution is 2.15. The van der Waals surface area contributed by atoms with Gasteiger partial charge in [0.15, 0.2) is 0 Å². The fraction of sp³-hybridized carbons (Fsp3) is 0.538. The molecule has 0 aliphatic carbocycles. The average Bonchev–Trinajstić information content (AvgIpc) is 2.29. The molecule has 0 aliphatic rings. The summed E-state index contributed by atoms with van der Waals surface area (Å²) in [4.78, 5) is 0. The van der Waals surface area contributed by atoms with Gasteiger partial charge in [-0.05, 0) is 30.4 Å². The smallest absolute Gasteiger partial charge is 0.129 e. The first-order valence-corrected chi connectivity index (χ1v) is 5.73.